The molecule has 0 N–H and O–H groups in total. The highest BCUT2D eigenvalue weighted by atomic mass is 15.3. The van der Waals surface area contributed by atoms with Crippen LogP contribution in [0, 0.1) is 0 Å². The fourth-order valence-electron chi connectivity index (χ4n) is 3.54. The van der Waals surface area contributed by atoms with Gasteiger partial charge in [0, 0.05) is 37.9 Å². The van der Waals surface area contributed by atoms with Gasteiger partial charge in [-0.1, -0.05) is 85.8 Å². The predicted molar refractivity (Wildman–Crippen MR) is 130 cm³/mol. The molecule has 2 aliphatic heterocycles. The van der Waals surface area contributed by atoms with E-state index in [-0.39, 0.29) is 7.43 Å². The molecule has 0 bridgehead atoms. The van der Waals surface area contributed by atoms with E-state index in [1.807, 2.05) is 26.2 Å². The Labute approximate surface area is 182 Å². The SMILES string of the molecule is C.C=CN1C=CN(CCCCCCCCCCCCN2C=CN(C=C)C2)C1.CC. The zero-order valence-electron chi connectivity index (χ0n) is 18.6. The lowest BCUT2D eigenvalue weighted by molar-refractivity contribution is 0.306. The van der Waals surface area contributed by atoms with Gasteiger partial charge in [0.15, 0.2) is 0 Å². The topological polar surface area (TPSA) is 13.0 Å². The van der Waals surface area contributed by atoms with Gasteiger partial charge >= 0.3 is 0 Å². The van der Waals surface area contributed by atoms with E-state index in [2.05, 4.69) is 57.6 Å². The molecule has 0 radical (unpaired) electrons. The van der Waals surface area contributed by atoms with E-state index in [1.165, 1.54) is 77.3 Å². The fourth-order valence-corrected chi connectivity index (χ4v) is 3.54. The molecule has 168 valence electrons. The second kappa shape index (κ2) is 18.2. The molecule has 29 heavy (non-hydrogen) atoms. The Kier molecular flexibility index (Phi) is 17.1. The van der Waals surface area contributed by atoms with Crippen LogP contribution in [0.5, 0.6) is 0 Å². The summed E-state index contributed by atoms with van der Waals surface area (Å²) < 4.78 is 0. The predicted octanol–water partition coefficient (Wildman–Crippen LogP) is 6.93. The molecule has 0 amide bonds. The average Bonchev–Trinajstić information content (AvgIpc) is 3.39. The van der Waals surface area contributed by atoms with Crippen LogP contribution in [0.25, 0.3) is 0 Å². The minimum Gasteiger partial charge on any atom is -0.358 e. The normalized spacial score (nSPS) is 14.7. The number of unbranched alkanes of at least 4 members (excludes halogenated alkanes) is 9. The summed E-state index contributed by atoms with van der Waals surface area (Å²) in [6, 6.07) is 0. The van der Waals surface area contributed by atoms with Crippen molar-refractivity contribution in [3.8, 4) is 0 Å². The number of hydrogen-bond donors (Lipinski definition) is 0. The second-order valence-electron chi connectivity index (χ2n) is 7.43. The highest BCUT2D eigenvalue weighted by Crippen LogP contribution is 2.13. The van der Waals surface area contributed by atoms with E-state index in [0.717, 1.165) is 13.3 Å². The zero-order valence-corrected chi connectivity index (χ0v) is 18.6. The molecule has 0 aromatic carbocycles. The van der Waals surface area contributed by atoms with Gasteiger partial charge in [0.05, 0.1) is 13.3 Å². The summed E-state index contributed by atoms with van der Waals surface area (Å²) in [6.07, 6.45) is 26.1. The van der Waals surface area contributed by atoms with Gasteiger partial charge in [-0.05, 0) is 25.2 Å². The largest absolute Gasteiger partial charge is 0.358 e. The molecule has 2 aliphatic rings. The summed E-state index contributed by atoms with van der Waals surface area (Å²) in [7, 11) is 0. The van der Waals surface area contributed by atoms with Crippen molar-refractivity contribution in [2.45, 2.75) is 85.5 Å². The molecular formula is C25H48N4. The molecule has 0 aromatic heterocycles. The number of rotatable bonds is 15. The highest BCUT2D eigenvalue weighted by Gasteiger charge is 2.09. The maximum Gasteiger partial charge on any atom is 0.0935 e. The molecule has 0 aliphatic carbocycles. The van der Waals surface area contributed by atoms with Crippen LogP contribution in [0.1, 0.15) is 85.5 Å². The van der Waals surface area contributed by atoms with Crippen molar-refractivity contribution in [1.82, 2.24) is 19.6 Å². The van der Waals surface area contributed by atoms with Crippen LogP contribution in [0.3, 0.4) is 0 Å². The molecule has 0 aromatic rings. The Bertz CT molecular complexity index is 416. The molecular weight excluding hydrogens is 356 g/mol. The Balaban J connectivity index is 0.00000253. The summed E-state index contributed by atoms with van der Waals surface area (Å²) in [4.78, 5) is 8.98. The Morgan fingerprint density at radius 3 is 1.17 bits per heavy atom. The first kappa shape index (κ1) is 27.2. The van der Waals surface area contributed by atoms with Gasteiger partial charge in [-0.25, -0.2) is 0 Å². The van der Waals surface area contributed by atoms with Gasteiger partial charge in [0.1, 0.15) is 0 Å². The van der Waals surface area contributed by atoms with Crippen molar-refractivity contribution in [1.29, 1.82) is 0 Å². The molecule has 0 saturated carbocycles. The van der Waals surface area contributed by atoms with Crippen LogP contribution >= 0.6 is 0 Å². The quantitative estimate of drug-likeness (QED) is 0.274. The van der Waals surface area contributed by atoms with Gasteiger partial charge in [-0.2, -0.15) is 0 Å². The third kappa shape index (κ3) is 12.4. The highest BCUT2D eigenvalue weighted by molar-refractivity contribution is 4.95. The van der Waals surface area contributed by atoms with Crippen LogP contribution in [0.4, 0.5) is 0 Å². The van der Waals surface area contributed by atoms with Gasteiger partial charge in [0.25, 0.3) is 0 Å². The molecule has 2 rings (SSSR count). The maximum atomic E-state index is 3.80. The Morgan fingerprint density at radius 2 is 0.897 bits per heavy atom. The third-order valence-electron chi connectivity index (χ3n) is 5.24. The molecule has 0 saturated heterocycles. The van der Waals surface area contributed by atoms with Gasteiger partial charge in [-0.3, -0.25) is 0 Å². The number of hydrogen-bond acceptors (Lipinski definition) is 4. The summed E-state index contributed by atoms with van der Waals surface area (Å²) >= 11 is 0. The van der Waals surface area contributed by atoms with E-state index in [9.17, 15) is 0 Å². The van der Waals surface area contributed by atoms with Crippen LogP contribution in [-0.4, -0.2) is 46.0 Å². The van der Waals surface area contributed by atoms with Crippen molar-refractivity contribution < 1.29 is 0 Å². The summed E-state index contributed by atoms with van der Waals surface area (Å²) in [5.74, 6) is 0. The van der Waals surface area contributed by atoms with Gasteiger partial charge in [-0.15, -0.1) is 0 Å². The maximum absolute atomic E-state index is 3.80. The lowest BCUT2D eigenvalue weighted by atomic mass is 10.1. The van der Waals surface area contributed by atoms with Crippen LogP contribution in [0.2, 0.25) is 0 Å². The Hall–Kier alpha value is -1.84. The monoisotopic (exact) mass is 404 g/mol. The molecule has 4 heteroatoms. The van der Waals surface area contributed by atoms with Gasteiger partial charge < -0.3 is 19.6 Å². The first-order valence-corrected chi connectivity index (χ1v) is 11.4. The van der Waals surface area contributed by atoms with Gasteiger partial charge in [0.2, 0.25) is 0 Å². The summed E-state index contributed by atoms with van der Waals surface area (Å²) in [5.41, 5.74) is 0. The molecule has 0 unspecified atom stereocenters. The minimum absolute atomic E-state index is 0. The first-order valence-electron chi connectivity index (χ1n) is 11.4. The van der Waals surface area contributed by atoms with Crippen LogP contribution in [0.15, 0.2) is 50.4 Å². The first-order chi connectivity index (χ1) is 13.8. The lowest BCUT2D eigenvalue weighted by Gasteiger charge is -2.18. The van der Waals surface area contributed by atoms with Crippen LogP contribution < -0.4 is 0 Å². The smallest absolute Gasteiger partial charge is 0.0935 e. The summed E-state index contributed by atoms with van der Waals surface area (Å²) in [5, 5.41) is 0. The fraction of sp³-hybridized carbons (Fsp3) is 0.680. The summed E-state index contributed by atoms with van der Waals surface area (Å²) in [6.45, 7) is 15.9. The molecule has 0 fully saturated rings. The standard InChI is InChI=1S/C22H38N4.C2H6.CH4/c1-3-23-17-19-25(21-23)15-13-11-9-7-5-6-8-10-12-14-16-26-20-18-24(4-2)22-26;1-2;/h3-4,17-20H,1-2,5-16,21-22H2;1-2H3;1H4. The van der Waals surface area contributed by atoms with E-state index in [0.29, 0.717) is 0 Å². The van der Waals surface area contributed by atoms with Crippen LogP contribution in [-0.2, 0) is 0 Å². The van der Waals surface area contributed by atoms with Crippen molar-refractivity contribution in [3.63, 3.8) is 0 Å². The molecule has 0 spiro atoms. The number of nitrogens with zero attached hydrogens (tertiary/aromatic N) is 4. The van der Waals surface area contributed by atoms with Crippen molar-refractivity contribution >= 4 is 0 Å². The Morgan fingerprint density at radius 1 is 0.586 bits per heavy atom. The zero-order chi connectivity index (χ0) is 20.5. The van der Waals surface area contributed by atoms with E-state index in [1.54, 1.807) is 0 Å². The van der Waals surface area contributed by atoms with E-state index < -0.39 is 0 Å². The third-order valence-corrected chi connectivity index (χ3v) is 5.24. The van der Waals surface area contributed by atoms with E-state index in [4.69, 9.17) is 0 Å². The van der Waals surface area contributed by atoms with Crippen molar-refractivity contribution in [2.24, 2.45) is 0 Å². The van der Waals surface area contributed by atoms with E-state index >= 15 is 0 Å². The van der Waals surface area contributed by atoms with Crippen molar-refractivity contribution in [3.05, 3.63) is 50.4 Å². The average molecular weight is 405 g/mol. The molecule has 0 atom stereocenters. The minimum atomic E-state index is 0. The lowest BCUT2D eigenvalue weighted by Crippen LogP contribution is -2.22. The second-order valence-corrected chi connectivity index (χ2v) is 7.43. The molecule has 4 nitrogen and oxygen atoms in total. The molecule has 2 heterocycles. The van der Waals surface area contributed by atoms with Crippen molar-refractivity contribution in [2.75, 3.05) is 26.4 Å².